The molecule has 1 aromatic heterocycles. The number of hydrogen-bond acceptors (Lipinski definition) is 2. The summed E-state index contributed by atoms with van der Waals surface area (Å²) in [6.07, 6.45) is 2.23. The van der Waals surface area contributed by atoms with Crippen molar-refractivity contribution in [2.24, 2.45) is 11.7 Å². The first kappa shape index (κ1) is 9.75. The van der Waals surface area contributed by atoms with Gasteiger partial charge >= 0.3 is 0 Å². The Bertz CT molecular complexity index is 204. The molecule has 1 heterocycles. The minimum absolute atomic E-state index is 0.352. The molecule has 1 unspecified atom stereocenters. The topological polar surface area (TPSA) is 26.0 Å². The van der Waals surface area contributed by atoms with Gasteiger partial charge in [-0.05, 0) is 41.1 Å². The Labute approximate surface area is 78.6 Å². The average Bonchev–Trinajstić information content (AvgIpc) is 2.51. The largest absolute Gasteiger partial charge is 0.327 e. The van der Waals surface area contributed by atoms with Crippen molar-refractivity contribution in [3.63, 3.8) is 0 Å². The molecule has 0 aromatic carbocycles. The third kappa shape index (κ3) is 2.95. The highest BCUT2D eigenvalue weighted by atomic mass is 32.1. The van der Waals surface area contributed by atoms with Crippen LogP contribution in [0.1, 0.15) is 25.8 Å². The maximum absolute atomic E-state index is 5.94. The molecule has 0 amide bonds. The van der Waals surface area contributed by atoms with E-state index in [1.54, 1.807) is 11.3 Å². The van der Waals surface area contributed by atoms with E-state index in [0.29, 0.717) is 12.0 Å². The molecule has 0 aliphatic rings. The molecule has 2 heteroatoms. The summed E-state index contributed by atoms with van der Waals surface area (Å²) in [5, 5.41) is 4.32. The molecule has 1 nitrogen and oxygen atoms in total. The van der Waals surface area contributed by atoms with Crippen molar-refractivity contribution in [2.45, 2.75) is 32.7 Å². The summed E-state index contributed by atoms with van der Waals surface area (Å²) in [6.45, 7) is 4.36. The second kappa shape index (κ2) is 4.63. The van der Waals surface area contributed by atoms with Gasteiger partial charge in [0, 0.05) is 6.04 Å². The van der Waals surface area contributed by atoms with Crippen LogP contribution in [0.15, 0.2) is 16.8 Å². The minimum atomic E-state index is 0.352. The van der Waals surface area contributed by atoms with E-state index in [2.05, 4.69) is 30.7 Å². The monoisotopic (exact) mass is 183 g/mol. The summed E-state index contributed by atoms with van der Waals surface area (Å²) < 4.78 is 0. The Morgan fingerprint density at radius 1 is 1.50 bits per heavy atom. The van der Waals surface area contributed by atoms with Crippen LogP contribution >= 0.6 is 11.3 Å². The summed E-state index contributed by atoms with van der Waals surface area (Å²) in [4.78, 5) is 0. The SMILES string of the molecule is CC(C)C(N)CCc1ccsc1. The van der Waals surface area contributed by atoms with Crippen LogP contribution in [0.25, 0.3) is 0 Å². The predicted octanol–water partition coefficient (Wildman–Crippen LogP) is 2.66. The van der Waals surface area contributed by atoms with Gasteiger partial charge < -0.3 is 5.73 Å². The van der Waals surface area contributed by atoms with Gasteiger partial charge in [0.1, 0.15) is 0 Å². The normalized spacial score (nSPS) is 13.7. The first-order valence-corrected chi connectivity index (χ1v) is 5.41. The van der Waals surface area contributed by atoms with Crippen molar-refractivity contribution in [1.82, 2.24) is 0 Å². The van der Waals surface area contributed by atoms with Gasteiger partial charge in [-0.1, -0.05) is 13.8 Å². The molecule has 1 atom stereocenters. The molecular weight excluding hydrogens is 166 g/mol. The Hall–Kier alpha value is -0.340. The van der Waals surface area contributed by atoms with E-state index >= 15 is 0 Å². The molecule has 0 aliphatic heterocycles. The summed E-state index contributed by atoms with van der Waals surface area (Å²) >= 11 is 1.76. The van der Waals surface area contributed by atoms with E-state index < -0.39 is 0 Å². The number of hydrogen-bond donors (Lipinski definition) is 1. The van der Waals surface area contributed by atoms with E-state index in [1.807, 2.05) is 0 Å². The molecule has 1 rings (SSSR count). The van der Waals surface area contributed by atoms with Gasteiger partial charge in [-0.3, -0.25) is 0 Å². The maximum atomic E-state index is 5.94. The zero-order chi connectivity index (χ0) is 8.97. The number of rotatable bonds is 4. The van der Waals surface area contributed by atoms with Gasteiger partial charge in [0.05, 0.1) is 0 Å². The molecule has 2 N–H and O–H groups in total. The van der Waals surface area contributed by atoms with Crippen LogP contribution in [0.3, 0.4) is 0 Å². The van der Waals surface area contributed by atoms with E-state index in [9.17, 15) is 0 Å². The first-order chi connectivity index (χ1) is 5.70. The lowest BCUT2D eigenvalue weighted by molar-refractivity contribution is 0.464. The van der Waals surface area contributed by atoms with Crippen LogP contribution in [0.4, 0.5) is 0 Å². The van der Waals surface area contributed by atoms with Gasteiger partial charge in [0.25, 0.3) is 0 Å². The van der Waals surface area contributed by atoms with Crippen LogP contribution in [-0.2, 0) is 6.42 Å². The highest BCUT2D eigenvalue weighted by Crippen LogP contribution is 2.11. The van der Waals surface area contributed by atoms with Gasteiger partial charge in [-0.2, -0.15) is 11.3 Å². The average molecular weight is 183 g/mol. The van der Waals surface area contributed by atoms with E-state index in [-0.39, 0.29) is 0 Å². The Kier molecular flexibility index (Phi) is 3.76. The molecule has 1 aromatic rings. The zero-order valence-corrected chi connectivity index (χ0v) is 8.60. The quantitative estimate of drug-likeness (QED) is 0.763. The molecule has 68 valence electrons. The summed E-state index contributed by atoms with van der Waals surface area (Å²) in [5.41, 5.74) is 7.36. The van der Waals surface area contributed by atoms with Gasteiger partial charge in [0.15, 0.2) is 0 Å². The van der Waals surface area contributed by atoms with Crippen LogP contribution in [0, 0.1) is 5.92 Å². The molecule has 0 bridgehead atoms. The van der Waals surface area contributed by atoms with E-state index in [1.165, 1.54) is 5.56 Å². The fourth-order valence-electron chi connectivity index (χ4n) is 1.10. The van der Waals surface area contributed by atoms with Crippen LogP contribution in [-0.4, -0.2) is 6.04 Å². The van der Waals surface area contributed by atoms with Gasteiger partial charge in [-0.15, -0.1) is 0 Å². The maximum Gasteiger partial charge on any atom is 0.00650 e. The molecule has 0 spiro atoms. The van der Waals surface area contributed by atoms with Crippen LogP contribution in [0.2, 0.25) is 0 Å². The predicted molar refractivity (Wildman–Crippen MR) is 55.5 cm³/mol. The van der Waals surface area contributed by atoms with Gasteiger partial charge in [-0.25, -0.2) is 0 Å². The lowest BCUT2D eigenvalue weighted by Gasteiger charge is -2.14. The number of aryl methyl sites for hydroxylation is 1. The van der Waals surface area contributed by atoms with Crippen LogP contribution in [0.5, 0.6) is 0 Å². The number of thiophene rings is 1. The second-order valence-corrected chi connectivity index (χ2v) is 4.36. The first-order valence-electron chi connectivity index (χ1n) is 4.47. The Balaban J connectivity index is 2.27. The molecule has 0 aliphatic carbocycles. The van der Waals surface area contributed by atoms with Crippen molar-refractivity contribution in [1.29, 1.82) is 0 Å². The van der Waals surface area contributed by atoms with Gasteiger partial charge in [0.2, 0.25) is 0 Å². The molecule has 0 fully saturated rings. The van der Waals surface area contributed by atoms with Crippen molar-refractivity contribution >= 4 is 11.3 Å². The fourth-order valence-corrected chi connectivity index (χ4v) is 1.80. The minimum Gasteiger partial charge on any atom is -0.327 e. The zero-order valence-electron chi connectivity index (χ0n) is 7.79. The lowest BCUT2D eigenvalue weighted by atomic mass is 9.99. The van der Waals surface area contributed by atoms with E-state index in [0.717, 1.165) is 12.8 Å². The standard InChI is InChI=1S/C10H17NS/c1-8(2)10(11)4-3-9-5-6-12-7-9/h5-8,10H,3-4,11H2,1-2H3. The highest BCUT2D eigenvalue weighted by Gasteiger charge is 2.06. The van der Waals surface area contributed by atoms with Crippen molar-refractivity contribution < 1.29 is 0 Å². The van der Waals surface area contributed by atoms with Crippen molar-refractivity contribution in [2.75, 3.05) is 0 Å². The second-order valence-electron chi connectivity index (χ2n) is 3.58. The van der Waals surface area contributed by atoms with Crippen LogP contribution < -0.4 is 5.73 Å². The summed E-state index contributed by atoms with van der Waals surface area (Å²) in [6, 6.07) is 2.53. The van der Waals surface area contributed by atoms with E-state index in [4.69, 9.17) is 5.73 Å². The highest BCUT2D eigenvalue weighted by molar-refractivity contribution is 7.07. The molecular formula is C10H17NS. The lowest BCUT2D eigenvalue weighted by Crippen LogP contribution is -2.26. The Morgan fingerprint density at radius 3 is 2.75 bits per heavy atom. The van der Waals surface area contributed by atoms with Crippen molar-refractivity contribution in [3.05, 3.63) is 22.4 Å². The molecule has 0 saturated heterocycles. The smallest absolute Gasteiger partial charge is 0.00650 e. The molecule has 12 heavy (non-hydrogen) atoms. The summed E-state index contributed by atoms with van der Waals surface area (Å²) in [5.74, 6) is 0.601. The number of nitrogens with two attached hydrogens (primary N) is 1. The molecule has 0 saturated carbocycles. The summed E-state index contributed by atoms with van der Waals surface area (Å²) in [7, 11) is 0. The third-order valence-corrected chi connectivity index (χ3v) is 2.93. The fraction of sp³-hybridized carbons (Fsp3) is 0.600. The third-order valence-electron chi connectivity index (χ3n) is 2.20. The molecule has 0 radical (unpaired) electrons. The van der Waals surface area contributed by atoms with Crippen molar-refractivity contribution in [3.8, 4) is 0 Å². The Morgan fingerprint density at radius 2 is 2.25 bits per heavy atom.